The topological polar surface area (TPSA) is 27.0 Å². The molecule has 1 atom stereocenters. The van der Waals surface area contributed by atoms with Gasteiger partial charge in [0.05, 0.1) is 11.6 Å². The summed E-state index contributed by atoms with van der Waals surface area (Å²) in [6.45, 7) is 2.26. The Morgan fingerprint density at radius 2 is 2.00 bits per heavy atom. The maximum atomic E-state index is 8.98. The molecule has 1 unspecified atom stereocenters. The van der Waals surface area contributed by atoms with Crippen LogP contribution in [0.5, 0.6) is 0 Å². The molecule has 1 saturated carbocycles. The smallest absolute Gasteiger partial charge is 0.0991 e. The van der Waals surface area contributed by atoms with Crippen LogP contribution in [-0.2, 0) is 6.54 Å². The lowest BCUT2D eigenvalue weighted by molar-refractivity contribution is 0.183. The summed E-state index contributed by atoms with van der Waals surface area (Å²) >= 11 is 0. The molecule has 0 spiro atoms. The Morgan fingerprint density at radius 1 is 1.16 bits per heavy atom. The van der Waals surface area contributed by atoms with Crippen molar-refractivity contribution in [3.05, 3.63) is 35.4 Å². The lowest BCUT2D eigenvalue weighted by Crippen LogP contribution is -2.34. The second kappa shape index (κ2) is 5.75. The monoisotopic (exact) mass is 254 g/mol. The summed E-state index contributed by atoms with van der Waals surface area (Å²) in [5, 5.41) is 8.98. The number of hydrogen-bond donors (Lipinski definition) is 0. The number of nitrogens with zero attached hydrogens (tertiary/aromatic N) is 2. The molecule has 100 valence electrons. The molecule has 1 aromatic rings. The standard InChI is InChI=1S/C17H22N2/c18-12-14-5-3-6-15(11-14)13-19-10-4-9-17(19)16-7-1-2-8-16/h3,5-6,11,16-17H,1-2,4,7-10,13H2. The van der Waals surface area contributed by atoms with Crippen LogP contribution in [0.25, 0.3) is 0 Å². The van der Waals surface area contributed by atoms with Crippen molar-refractivity contribution in [2.24, 2.45) is 5.92 Å². The van der Waals surface area contributed by atoms with E-state index in [1.54, 1.807) is 0 Å². The van der Waals surface area contributed by atoms with E-state index in [-0.39, 0.29) is 0 Å². The van der Waals surface area contributed by atoms with Crippen molar-refractivity contribution < 1.29 is 0 Å². The normalized spacial score (nSPS) is 24.7. The van der Waals surface area contributed by atoms with Gasteiger partial charge in [0.1, 0.15) is 0 Å². The van der Waals surface area contributed by atoms with Crippen LogP contribution in [0.3, 0.4) is 0 Å². The van der Waals surface area contributed by atoms with Gasteiger partial charge in [0.2, 0.25) is 0 Å². The van der Waals surface area contributed by atoms with E-state index in [1.807, 2.05) is 18.2 Å². The van der Waals surface area contributed by atoms with Gasteiger partial charge in [0.15, 0.2) is 0 Å². The predicted molar refractivity (Wildman–Crippen MR) is 76.5 cm³/mol. The van der Waals surface area contributed by atoms with Gasteiger partial charge in [0.25, 0.3) is 0 Å². The second-order valence-electron chi connectivity index (χ2n) is 6.04. The highest BCUT2D eigenvalue weighted by atomic mass is 15.2. The molecule has 19 heavy (non-hydrogen) atoms. The highest BCUT2D eigenvalue weighted by molar-refractivity contribution is 5.32. The molecule has 2 aliphatic rings. The molecule has 0 aromatic heterocycles. The number of benzene rings is 1. The van der Waals surface area contributed by atoms with Crippen molar-refractivity contribution in [2.75, 3.05) is 6.54 Å². The molecule has 0 radical (unpaired) electrons. The van der Waals surface area contributed by atoms with Crippen molar-refractivity contribution in [1.82, 2.24) is 4.90 Å². The van der Waals surface area contributed by atoms with Gasteiger partial charge in [-0.2, -0.15) is 5.26 Å². The quantitative estimate of drug-likeness (QED) is 0.822. The van der Waals surface area contributed by atoms with Crippen LogP contribution in [0.2, 0.25) is 0 Å². The maximum absolute atomic E-state index is 8.98. The van der Waals surface area contributed by atoms with E-state index in [0.29, 0.717) is 0 Å². The van der Waals surface area contributed by atoms with Gasteiger partial charge in [-0.25, -0.2) is 0 Å². The highest BCUT2D eigenvalue weighted by Gasteiger charge is 2.32. The van der Waals surface area contributed by atoms with Gasteiger partial charge >= 0.3 is 0 Å². The van der Waals surface area contributed by atoms with Gasteiger partial charge in [-0.1, -0.05) is 25.0 Å². The molecule has 1 saturated heterocycles. The molecule has 1 aliphatic carbocycles. The molecular formula is C17H22N2. The maximum Gasteiger partial charge on any atom is 0.0991 e. The molecule has 1 aromatic carbocycles. The Bertz CT molecular complexity index is 468. The molecule has 2 nitrogen and oxygen atoms in total. The largest absolute Gasteiger partial charge is 0.296 e. The van der Waals surface area contributed by atoms with Gasteiger partial charge in [-0.3, -0.25) is 4.90 Å². The van der Waals surface area contributed by atoms with E-state index in [1.165, 1.54) is 50.6 Å². The summed E-state index contributed by atoms with van der Waals surface area (Å²) in [7, 11) is 0. The van der Waals surface area contributed by atoms with E-state index < -0.39 is 0 Å². The Morgan fingerprint density at radius 3 is 2.79 bits per heavy atom. The Balaban J connectivity index is 1.69. The average molecular weight is 254 g/mol. The zero-order chi connectivity index (χ0) is 13.1. The van der Waals surface area contributed by atoms with Crippen LogP contribution in [0.4, 0.5) is 0 Å². The minimum Gasteiger partial charge on any atom is -0.296 e. The first kappa shape index (κ1) is 12.7. The molecule has 0 bridgehead atoms. The number of nitriles is 1. The third-order valence-electron chi connectivity index (χ3n) is 4.80. The number of rotatable bonds is 3. The van der Waals surface area contributed by atoms with Gasteiger partial charge in [-0.05, 0) is 55.8 Å². The van der Waals surface area contributed by atoms with Crippen LogP contribution >= 0.6 is 0 Å². The molecule has 2 fully saturated rings. The molecule has 1 aliphatic heterocycles. The van der Waals surface area contributed by atoms with Crippen molar-refractivity contribution in [3.8, 4) is 6.07 Å². The van der Waals surface area contributed by atoms with Crippen LogP contribution in [-0.4, -0.2) is 17.5 Å². The minimum atomic E-state index is 0.786. The van der Waals surface area contributed by atoms with Gasteiger partial charge in [0, 0.05) is 12.6 Å². The Kier molecular flexibility index (Phi) is 3.84. The summed E-state index contributed by atoms with van der Waals surface area (Å²) in [6, 6.07) is 11.1. The summed E-state index contributed by atoms with van der Waals surface area (Å²) in [6.07, 6.45) is 8.44. The van der Waals surface area contributed by atoms with Crippen LogP contribution in [0.1, 0.15) is 49.7 Å². The minimum absolute atomic E-state index is 0.786. The lowest BCUT2D eigenvalue weighted by Gasteiger charge is -2.29. The Labute approximate surface area is 116 Å². The molecule has 0 N–H and O–H groups in total. The van der Waals surface area contributed by atoms with E-state index in [2.05, 4.69) is 17.0 Å². The first-order chi connectivity index (χ1) is 9.36. The fraction of sp³-hybridized carbons (Fsp3) is 0.588. The molecule has 0 amide bonds. The van der Waals surface area contributed by atoms with Crippen LogP contribution < -0.4 is 0 Å². The highest BCUT2D eigenvalue weighted by Crippen LogP contribution is 2.36. The first-order valence-corrected chi connectivity index (χ1v) is 7.60. The summed E-state index contributed by atoms with van der Waals surface area (Å²) in [5.74, 6) is 0.932. The summed E-state index contributed by atoms with van der Waals surface area (Å²) < 4.78 is 0. The number of hydrogen-bond acceptors (Lipinski definition) is 2. The molecule has 1 heterocycles. The van der Waals surface area contributed by atoms with E-state index in [4.69, 9.17) is 5.26 Å². The van der Waals surface area contributed by atoms with Crippen molar-refractivity contribution >= 4 is 0 Å². The fourth-order valence-electron chi connectivity index (χ4n) is 3.90. The average Bonchev–Trinajstić information content (AvgIpc) is 3.09. The molecule has 2 heteroatoms. The van der Waals surface area contributed by atoms with Crippen molar-refractivity contribution in [3.63, 3.8) is 0 Å². The predicted octanol–water partition coefficient (Wildman–Crippen LogP) is 3.71. The van der Waals surface area contributed by atoms with Gasteiger partial charge < -0.3 is 0 Å². The van der Waals surface area contributed by atoms with Gasteiger partial charge in [-0.15, -0.1) is 0 Å². The van der Waals surface area contributed by atoms with E-state index >= 15 is 0 Å². The van der Waals surface area contributed by atoms with E-state index in [9.17, 15) is 0 Å². The lowest BCUT2D eigenvalue weighted by atomic mass is 9.95. The third-order valence-corrected chi connectivity index (χ3v) is 4.80. The van der Waals surface area contributed by atoms with Crippen LogP contribution in [0.15, 0.2) is 24.3 Å². The van der Waals surface area contributed by atoms with Crippen molar-refractivity contribution in [1.29, 1.82) is 5.26 Å². The number of likely N-dealkylation sites (tertiary alicyclic amines) is 1. The summed E-state index contributed by atoms with van der Waals surface area (Å²) in [4.78, 5) is 2.66. The van der Waals surface area contributed by atoms with Crippen LogP contribution in [0, 0.1) is 17.2 Å². The SMILES string of the molecule is N#Cc1cccc(CN2CCCC2C2CCCC2)c1. The van der Waals surface area contributed by atoms with Crippen molar-refractivity contribution in [2.45, 2.75) is 51.1 Å². The third kappa shape index (κ3) is 2.82. The Hall–Kier alpha value is -1.33. The summed E-state index contributed by atoms with van der Waals surface area (Å²) in [5.41, 5.74) is 2.08. The molecular weight excluding hydrogens is 232 g/mol. The first-order valence-electron chi connectivity index (χ1n) is 7.60. The second-order valence-corrected chi connectivity index (χ2v) is 6.04. The zero-order valence-electron chi connectivity index (χ0n) is 11.5. The van der Waals surface area contributed by atoms with E-state index in [0.717, 1.165) is 24.1 Å². The molecule has 3 rings (SSSR count). The fourth-order valence-corrected chi connectivity index (χ4v) is 3.90. The zero-order valence-corrected chi connectivity index (χ0v) is 11.5.